The van der Waals surface area contributed by atoms with E-state index in [1.165, 1.54) is 46.8 Å². The van der Waals surface area contributed by atoms with Crippen LogP contribution in [0.4, 0.5) is 18.0 Å². The molecule has 18 heteroatoms. The molecule has 5 aromatic rings. The number of benzene rings is 2. The van der Waals surface area contributed by atoms with E-state index < -0.39 is 23.5 Å². The van der Waals surface area contributed by atoms with Gasteiger partial charge in [0, 0.05) is 54.2 Å². The predicted molar refractivity (Wildman–Crippen MR) is 288 cm³/mol. The molecule has 3 fully saturated rings. The Morgan fingerprint density at radius 1 is 1.00 bits per heavy atom. The van der Waals surface area contributed by atoms with Crippen molar-refractivity contribution in [3.05, 3.63) is 129 Å². The summed E-state index contributed by atoms with van der Waals surface area (Å²) in [5.41, 5.74) is 4.85. The number of carbonyl (C=O) groups excluding carboxylic acids is 2. The highest BCUT2D eigenvalue weighted by atomic mass is 79.9. The van der Waals surface area contributed by atoms with Crippen molar-refractivity contribution in [3.63, 3.8) is 0 Å². The minimum absolute atomic E-state index is 0.0274. The highest BCUT2D eigenvalue weighted by molar-refractivity contribution is 9.09. The van der Waals surface area contributed by atoms with Crippen LogP contribution >= 0.6 is 39.1 Å². The van der Waals surface area contributed by atoms with Crippen LogP contribution in [-0.2, 0) is 17.2 Å². The summed E-state index contributed by atoms with van der Waals surface area (Å²) < 4.78 is 58.1. The molecule has 0 N–H and O–H groups in total. The van der Waals surface area contributed by atoms with Crippen LogP contribution in [0.3, 0.4) is 0 Å². The fourth-order valence-electron chi connectivity index (χ4n) is 8.17. The third kappa shape index (κ3) is 14.5. The molecule has 5 heterocycles. The summed E-state index contributed by atoms with van der Waals surface area (Å²) in [6, 6.07) is 9.19. The Balaban J connectivity index is 0.000000296. The average Bonchev–Trinajstić information content (AvgIpc) is 3.75. The largest absolute Gasteiger partial charge is 0.443 e. The van der Waals surface area contributed by atoms with Crippen LogP contribution < -0.4 is 0 Å². The molecule has 1 unspecified atom stereocenters. The molecular weight excluding hydrogens is 1030 g/mol. The van der Waals surface area contributed by atoms with Crippen LogP contribution in [0.5, 0.6) is 0 Å². The van der Waals surface area contributed by atoms with Crippen molar-refractivity contribution in [2.24, 2.45) is 10.8 Å². The third-order valence-corrected chi connectivity index (χ3v) is 13.0. The highest BCUT2D eigenvalue weighted by Gasteiger charge is 2.69. The number of fused-ring (bicyclic) bond motifs is 1. The molecule has 2 aliphatic heterocycles. The summed E-state index contributed by atoms with van der Waals surface area (Å²) in [5.74, 6) is -4.22. The van der Waals surface area contributed by atoms with E-state index in [1.807, 2.05) is 93.6 Å². The quantitative estimate of drug-likeness (QED) is 0.0800. The lowest BCUT2D eigenvalue weighted by Gasteiger charge is -2.50. The number of aromatic nitrogens is 6. The second-order valence-corrected chi connectivity index (χ2v) is 19.8. The van der Waals surface area contributed by atoms with E-state index in [0.717, 1.165) is 48.3 Å². The van der Waals surface area contributed by atoms with Crippen molar-refractivity contribution in [3.8, 4) is 0 Å². The Kier molecular flexibility index (Phi) is 23.0. The molecule has 9 rings (SSSR count). The number of likely N-dealkylation sites (tertiary alicyclic amines) is 2. The number of rotatable bonds is 9. The number of para-hydroxylation sites is 1. The third-order valence-electron chi connectivity index (χ3n) is 11.6. The number of halogens is 6. The van der Waals surface area contributed by atoms with E-state index in [0.29, 0.717) is 42.8 Å². The first kappa shape index (κ1) is 61.5. The number of hydrogen-bond acceptors (Lipinski definition) is 10. The highest BCUT2D eigenvalue weighted by Crippen LogP contribution is 2.73. The Bertz CT molecular complexity index is 2640. The van der Waals surface area contributed by atoms with Gasteiger partial charge in [-0.25, -0.2) is 18.7 Å². The number of nitrogens with zero attached hydrogens (tertiary/aromatic N) is 8. The van der Waals surface area contributed by atoms with Gasteiger partial charge in [-0.2, -0.15) is 13.9 Å². The number of imidazole rings is 1. The zero-order valence-electron chi connectivity index (χ0n) is 44.5. The Morgan fingerprint density at radius 2 is 1.64 bits per heavy atom. The van der Waals surface area contributed by atoms with Gasteiger partial charge in [0.05, 0.1) is 56.4 Å². The van der Waals surface area contributed by atoms with Gasteiger partial charge >= 0.3 is 12.0 Å². The molecule has 2 spiro atoms. The van der Waals surface area contributed by atoms with Crippen LogP contribution in [-0.4, -0.2) is 95.9 Å². The Hall–Kier alpha value is -4.77. The van der Waals surface area contributed by atoms with E-state index in [1.54, 1.807) is 10.9 Å². The number of carbonyl (C=O) groups is 2. The number of hydrogen-bond donors (Lipinski definition) is 0. The maximum Gasteiger partial charge on any atom is 0.420 e. The minimum atomic E-state index is -3.50. The molecule has 2 aromatic carbocycles. The summed E-state index contributed by atoms with van der Waals surface area (Å²) in [6.07, 6.45) is 9.84. The van der Waals surface area contributed by atoms with Gasteiger partial charge in [-0.1, -0.05) is 137 Å². The molecule has 3 aromatic heterocycles. The van der Waals surface area contributed by atoms with E-state index in [2.05, 4.69) is 80.3 Å². The van der Waals surface area contributed by atoms with Crippen molar-refractivity contribution >= 4 is 62.5 Å². The number of allylic oxidation sites excluding steroid dienone is 5. The SMILES string of the molecule is C=CC(CBr)=C(C)C.CC.CC.CC.CC(C)(C)OC(=O)n1cnc2c(Cn3cc(C=O)cn3)cccc21.CCC.CN1CC(c2nnc(C(F)(F)c3ccc(Cl)c(Cl)c3)o2)C2(C1)CN(C1=C(F)C13CC3)C2. The van der Waals surface area contributed by atoms with Gasteiger partial charge in [0.15, 0.2) is 6.29 Å². The van der Waals surface area contributed by atoms with Gasteiger partial charge in [0.1, 0.15) is 17.8 Å². The number of aldehydes is 1. The summed E-state index contributed by atoms with van der Waals surface area (Å²) >= 11 is 15.1. The molecule has 1 atom stereocenters. The van der Waals surface area contributed by atoms with Gasteiger partial charge in [0.2, 0.25) is 5.89 Å². The van der Waals surface area contributed by atoms with E-state index in [4.69, 9.17) is 32.4 Å². The van der Waals surface area contributed by atoms with E-state index >= 15 is 8.78 Å². The molecule has 4 aliphatic rings. The summed E-state index contributed by atoms with van der Waals surface area (Å²) in [6.45, 7) is 32.7. The first-order valence-electron chi connectivity index (χ1n) is 24.7. The second kappa shape index (κ2) is 27.0. The smallest absolute Gasteiger partial charge is 0.420 e. The molecule has 12 nitrogen and oxygen atoms in total. The standard InChI is InChI=1S/C21H19Cl2F3N4O.C17H18N4O3.C7H11Br.C3H8.3C2H6/c1-29-7-12(19(8-29)9-30(10-19)16-15(24)20(16)4-5-20)17-27-28-18(31-17)21(25,26)11-2-3-13(22)14(23)6-11;1-17(2,3)24-16(23)21-11-18-15-13(5-4-6-14(15)21)9-20-8-12(10-22)7-19-20;1-4-7(5-8)6(2)3;1-3-2;3*1-2/h2-3,6,12H,4-5,7-10H2,1H3;4-8,10-11H,9H2,1-3H3;4H,1,5H2,2-3H3;3H2,1-2H3;3*1-2H3. The van der Waals surface area contributed by atoms with Crippen LogP contribution in [0.2, 0.25) is 10.0 Å². The van der Waals surface area contributed by atoms with Crippen molar-refractivity contribution in [1.29, 1.82) is 0 Å². The first-order valence-corrected chi connectivity index (χ1v) is 26.6. The zero-order chi connectivity index (χ0) is 54.4. The number of alkyl halides is 3. The second-order valence-electron chi connectivity index (χ2n) is 18.4. The molecule has 396 valence electrons. The molecule has 2 saturated heterocycles. The van der Waals surface area contributed by atoms with Crippen LogP contribution in [0.1, 0.15) is 148 Å². The van der Waals surface area contributed by atoms with Crippen molar-refractivity contribution in [2.45, 2.75) is 133 Å². The molecule has 0 radical (unpaired) electrons. The van der Waals surface area contributed by atoms with Gasteiger partial charge in [0.25, 0.3) is 5.89 Å². The molecule has 72 heavy (non-hydrogen) atoms. The Morgan fingerprint density at radius 3 is 2.14 bits per heavy atom. The first-order chi connectivity index (χ1) is 34.2. The van der Waals surface area contributed by atoms with Crippen molar-refractivity contribution in [2.75, 3.05) is 38.6 Å². The average molecular weight is 1110 g/mol. The van der Waals surface area contributed by atoms with Crippen molar-refractivity contribution < 1.29 is 31.9 Å². The van der Waals surface area contributed by atoms with Gasteiger partial charge in [-0.05, 0) is 78.3 Å². The summed E-state index contributed by atoms with van der Waals surface area (Å²) in [5, 5.41) is 12.9. The molecule has 0 bridgehead atoms. The van der Waals surface area contributed by atoms with E-state index in [-0.39, 0.29) is 44.1 Å². The van der Waals surface area contributed by atoms with Gasteiger partial charge < -0.3 is 19.0 Å². The van der Waals surface area contributed by atoms with Crippen molar-refractivity contribution in [1.82, 2.24) is 39.3 Å². The maximum atomic E-state index is 15.0. The molecular formula is C54H74BrCl2F3N8O4. The number of likely N-dealkylation sites (N-methyl/N-ethyl adjacent to an activating group) is 1. The summed E-state index contributed by atoms with van der Waals surface area (Å²) in [7, 11) is 1.98. The predicted octanol–water partition coefficient (Wildman–Crippen LogP) is 15.1. The fourth-order valence-corrected chi connectivity index (χ4v) is 9.26. The lowest BCUT2D eigenvalue weighted by Crippen LogP contribution is -2.58. The van der Waals surface area contributed by atoms with Crippen LogP contribution in [0.15, 0.2) is 94.9 Å². The van der Waals surface area contributed by atoms with Gasteiger partial charge in [-0.15, -0.1) is 10.2 Å². The lowest BCUT2D eigenvalue weighted by molar-refractivity contribution is 0.00378. The fraction of sp³-hybridized carbons (Fsp3) is 0.519. The zero-order valence-corrected chi connectivity index (χ0v) is 47.6. The topological polar surface area (TPSA) is 124 Å². The van der Waals surface area contributed by atoms with Crippen LogP contribution in [0.25, 0.3) is 11.0 Å². The minimum Gasteiger partial charge on any atom is -0.443 e. The molecule has 2 aliphatic carbocycles. The van der Waals surface area contributed by atoms with E-state index in [9.17, 15) is 14.0 Å². The monoisotopic (exact) mass is 1100 g/mol. The normalized spacial score (nSPS) is 16.6. The van der Waals surface area contributed by atoms with Crippen LogP contribution in [0, 0.1) is 10.8 Å². The molecule has 1 saturated carbocycles. The maximum absolute atomic E-state index is 15.0. The molecule has 0 amide bonds. The van der Waals surface area contributed by atoms with Gasteiger partial charge in [-0.3, -0.25) is 9.48 Å². The Labute approximate surface area is 443 Å². The number of ether oxygens (including phenoxy) is 1. The summed E-state index contributed by atoms with van der Waals surface area (Å²) in [4.78, 5) is 31.6. The lowest BCUT2D eigenvalue weighted by atomic mass is 9.71.